The smallest absolute Gasteiger partial charge is 0.106 e. The molecule has 0 fully saturated rings. The predicted molar refractivity (Wildman–Crippen MR) is 240 cm³/mol. The lowest BCUT2D eigenvalue weighted by atomic mass is 9.88. The summed E-state index contributed by atoms with van der Waals surface area (Å²) in [7, 11) is 0. The summed E-state index contributed by atoms with van der Waals surface area (Å²) in [6.07, 6.45) is 0. The third-order valence-electron chi connectivity index (χ3n) is 13.0. The van der Waals surface area contributed by atoms with Crippen LogP contribution in [0.4, 0.5) is 0 Å². The summed E-state index contributed by atoms with van der Waals surface area (Å²) in [6, 6.07) is 73.4. The summed E-state index contributed by atoms with van der Waals surface area (Å²) < 4.78 is 0.932. The number of rotatable bonds is 2. The zero-order valence-electron chi connectivity index (χ0n) is 31.8. The van der Waals surface area contributed by atoms with Gasteiger partial charge in [-0.15, -0.1) is 0 Å². The normalized spacial score (nSPS) is 14.2. The van der Waals surface area contributed by atoms with Gasteiger partial charge in [0, 0.05) is 22.3 Å². The van der Waals surface area contributed by atoms with Gasteiger partial charge in [-0.2, -0.15) is 0 Å². The van der Waals surface area contributed by atoms with Crippen LogP contribution < -0.4 is 0 Å². The maximum atomic E-state index is 2.49. The lowest BCUT2D eigenvalue weighted by molar-refractivity contribution is -0.977. The molecule has 1 heteroatoms. The van der Waals surface area contributed by atoms with Crippen molar-refractivity contribution in [2.24, 2.45) is 0 Å². The van der Waals surface area contributed by atoms with Gasteiger partial charge in [0.1, 0.15) is 26.2 Å². The monoisotopic (exact) mass is 726 g/mol. The van der Waals surface area contributed by atoms with E-state index < -0.39 is 0 Å². The third-order valence-corrected chi connectivity index (χ3v) is 13.0. The zero-order chi connectivity index (χ0) is 37.5. The van der Waals surface area contributed by atoms with Crippen molar-refractivity contribution in [2.45, 2.75) is 26.2 Å². The van der Waals surface area contributed by atoms with Gasteiger partial charge in [0.15, 0.2) is 0 Å². The molecule has 2 heterocycles. The topological polar surface area (TPSA) is 0 Å². The number of hydrogen-bond donors (Lipinski definition) is 0. The Labute approximate surface area is 333 Å². The first-order chi connectivity index (χ1) is 28.1. The van der Waals surface area contributed by atoms with Crippen molar-refractivity contribution >= 4 is 43.1 Å². The minimum Gasteiger partial charge on any atom is -0.309 e. The minimum absolute atomic E-state index is 0.932. The SMILES string of the molecule is c1ccc2cc(-c3ccc4c(c3)-c3cc(-c5ccc6ccccc6c5)ccc3C[N+]3(C4)Cc4ccc5ccccc5c4-c4c(ccc5ccccc45)C3)ccc2c1. The molecule has 57 heavy (non-hydrogen) atoms. The average Bonchev–Trinajstić information content (AvgIpc) is 3.49. The van der Waals surface area contributed by atoms with Gasteiger partial charge in [-0.05, 0) is 112 Å². The highest BCUT2D eigenvalue weighted by Crippen LogP contribution is 2.48. The average molecular weight is 727 g/mol. The van der Waals surface area contributed by atoms with Gasteiger partial charge in [-0.3, -0.25) is 0 Å². The van der Waals surface area contributed by atoms with Gasteiger partial charge in [0.25, 0.3) is 0 Å². The van der Waals surface area contributed by atoms with Crippen molar-refractivity contribution in [3.63, 3.8) is 0 Å². The second-order valence-corrected chi connectivity index (χ2v) is 16.5. The molecule has 0 saturated carbocycles. The van der Waals surface area contributed by atoms with E-state index in [0.717, 1.165) is 30.7 Å². The standard InChI is InChI=1S/C56H40N/c1-3-13-41-29-43(21-17-37(41)9-1)45-23-25-47-33-57(34-48-26-24-46(32-54(48)53(47)31-45)44-22-18-38-10-2-4-14-42(38)30-44)35-49-27-19-39-11-5-7-15-51(39)55(49)56-50(36-57)28-20-40-12-6-8-16-52(40)56/h1-32H,33-36H2/q+1. The Morgan fingerprint density at radius 2 is 0.596 bits per heavy atom. The van der Waals surface area contributed by atoms with Crippen molar-refractivity contribution in [2.75, 3.05) is 0 Å². The van der Waals surface area contributed by atoms with Crippen LogP contribution in [0, 0.1) is 0 Å². The number of quaternary nitrogens is 1. The van der Waals surface area contributed by atoms with E-state index in [1.807, 2.05) is 0 Å². The lowest BCUT2D eigenvalue weighted by Gasteiger charge is -2.38. The molecular formula is C56H40N+. The molecule has 2 aliphatic rings. The first-order valence-corrected chi connectivity index (χ1v) is 20.3. The van der Waals surface area contributed by atoms with Crippen molar-refractivity contribution in [1.82, 2.24) is 0 Å². The molecule has 1 spiro atoms. The van der Waals surface area contributed by atoms with E-state index >= 15 is 0 Å². The maximum absolute atomic E-state index is 2.49. The number of nitrogens with zero attached hydrogens (tertiary/aromatic N) is 1. The van der Waals surface area contributed by atoms with E-state index in [0.29, 0.717) is 0 Å². The molecule has 12 rings (SSSR count). The van der Waals surface area contributed by atoms with Gasteiger partial charge in [0.2, 0.25) is 0 Å². The van der Waals surface area contributed by atoms with Crippen molar-refractivity contribution in [3.05, 3.63) is 216 Å². The van der Waals surface area contributed by atoms with Crippen LogP contribution in [0.2, 0.25) is 0 Å². The lowest BCUT2D eigenvalue weighted by Crippen LogP contribution is -2.44. The third kappa shape index (κ3) is 5.35. The molecule has 268 valence electrons. The Morgan fingerprint density at radius 3 is 1.07 bits per heavy atom. The molecule has 0 radical (unpaired) electrons. The molecule has 10 aromatic carbocycles. The number of fused-ring (bicyclic) bond motifs is 12. The van der Waals surface area contributed by atoms with E-state index in [1.165, 1.54) is 110 Å². The van der Waals surface area contributed by atoms with E-state index in [4.69, 9.17) is 0 Å². The van der Waals surface area contributed by atoms with Crippen LogP contribution in [-0.2, 0) is 26.2 Å². The molecule has 0 bridgehead atoms. The van der Waals surface area contributed by atoms with Gasteiger partial charge in [-0.25, -0.2) is 0 Å². The molecule has 1 nitrogen and oxygen atoms in total. The second kappa shape index (κ2) is 12.6. The van der Waals surface area contributed by atoms with E-state index in [1.54, 1.807) is 0 Å². The summed E-state index contributed by atoms with van der Waals surface area (Å²) in [5.41, 5.74) is 16.3. The zero-order valence-corrected chi connectivity index (χ0v) is 31.8. The fourth-order valence-electron chi connectivity index (χ4n) is 10.3. The van der Waals surface area contributed by atoms with Crippen LogP contribution in [0.3, 0.4) is 0 Å². The van der Waals surface area contributed by atoms with Crippen LogP contribution in [0.15, 0.2) is 194 Å². The molecule has 0 aliphatic carbocycles. The highest BCUT2D eigenvalue weighted by atomic mass is 15.4. The molecule has 2 aliphatic heterocycles. The van der Waals surface area contributed by atoms with Crippen LogP contribution in [0.1, 0.15) is 22.3 Å². The number of hydrogen-bond acceptors (Lipinski definition) is 0. The molecular weight excluding hydrogens is 687 g/mol. The summed E-state index contributed by atoms with van der Waals surface area (Å²) in [5.74, 6) is 0. The van der Waals surface area contributed by atoms with Crippen LogP contribution in [0.25, 0.3) is 87.6 Å². The highest BCUT2D eigenvalue weighted by Gasteiger charge is 2.38. The van der Waals surface area contributed by atoms with Gasteiger partial charge in [-0.1, -0.05) is 170 Å². The Kier molecular flexibility index (Phi) is 7.18. The Balaban J connectivity index is 1.08. The van der Waals surface area contributed by atoms with E-state index in [9.17, 15) is 0 Å². The molecule has 0 atom stereocenters. The molecule has 0 N–H and O–H groups in total. The minimum atomic E-state index is 0.932. The van der Waals surface area contributed by atoms with Crippen molar-refractivity contribution in [3.8, 4) is 44.5 Å². The summed E-state index contributed by atoms with van der Waals surface area (Å²) in [6.45, 7) is 3.82. The Hall–Kier alpha value is -6.80. The van der Waals surface area contributed by atoms with Crippen LogP contribution >= 0.6 is 0 Å². The van der Waals surface area contributed by atoms with E-state index in [-0.39, 0.29) is 0 Å². The molecule has 0 amide bonds. The molecule has 0 unspecified atom stereocenters. The van der Waals surface area contributed by atoms with Gasteiger partial charge < -0.3 is 4.48 Å². The first kappa shape index (κ1) is 32.4. The molecule has 0 aromatic heterocycles. The summed E-state index contributed by atoms with van der Waals surface area (Å²) in [5, 5.41) is 10.4. The molecule has 10 aromatic rings. The quantitative estimate of drug-likeness (QED) is 0.156. The maximum Gasteiger partial charge on any atom is 0.106 e. The fraction of sp³-hybridized carbons (Fsp3) is 0.0714. The summed E-state index contributed by atoms with van der Waals surface area (Å²) in [4.78, 5) is 0. The second-order valence-electron chi connectivity index (χ2n) is 16.5. The van der Waals surface area contributed by atoms with Gasteiger partial charge in [0.05, 0.1) is 0 Å². The van der Waals surface area contributed by atoms with Crippen molar-refractivity contribution < 1.29 is 4.48 Å². The number of benzene rings is 10. The predicted octanol–water partition coefficient (Wildman–Crippen LogP) is 14.5. The Morgan fingerprint density at radius 1 is 0.263 bits per heavy atom. The highest BCUT2D eigenvalue weighted by molar-refractivity contribution is 6.08. The largest absolute Gasteiger partial charge is 0.309 e. The van der Waals surface area contributed by atoms with E-state index in [2.05, 4.69) is 194 Å². The van der Waals surface area contributed by atoms with Crippen LogP contribution in [-0.4, -0.2) is 4.48 Å². The van der Waals surface area contributed by atoms with Gasteiger partial charge >= 0.3 is 0 Å². The molecule has 0 saturated heterocycles. The fourth-order valence-corrected chi connectivity index (χ4v) is 10.3. The van der Waals surface area contributed by atoms with Crippen molar-refractivity contribution in [1.29, 1.82) is 0 Å². The summed E-state index contributed by atoms with van der Waals surface area (Å²) >= 11 is 0. The first-order valence-electron chi connectivity index (χ1n) is 20.3. The van der Waals surface area contributed by atoms with Crippen LogP contribution in [0.5, 0.6) is 0 Å². The Bertz CT molecular complexity index is 3040.